The lowest BCUT2D eigenvalue weighted by atomic mass is 9.91. The first kappa shape index (κ1) is 28.7. The second-order valence-corrected chi connectivity index (χ2v) is 10.7. The molecule has 0 spiro atoms. The van der Waals surface area contributed by atoms with E-state index in [1.165, 1.54) is 6.20 Å². The lowest BCUT2D eigenvalue weighted by Crippen LogP contribution is -2.24. The number of hydrogen-bond acceptors (Lipinski definition) is 8. The Morgan fingerprint density at radius 2 is 1.93 bits per heavy atom. The Bertz CT molecular complexity index is 1770. The fourth-order valence-electron chi connectivity index (χ4n) is 5.57. The number of hydroxylamine groups is 2. The molecule has 0 amide bonds. The molecule has 1 aromatic carbocycles. The third-order valence-electron chi connectivity index (χ3n) is 7.74. The zero-order valence-corrected chi connectivity index (χ0v) is 24.1. The highest BCUT2D eigenvalue weighted by Gasteiger charge is 2.37. The van der Waals surface area contributed by atoms with Crippen molar-refractivity contribution in [2.75, 3.05) is 26.8 Å². The van der Waals surface area contributed by atoms with Gasteiger partial charge in [0.05, 0.1) is 30.0 Å². The second-order valence-electron chi connectivity index (χ2n) is 10.7. The summed E-state index contributed by atoms with van der Waals surface area (Å²) in [5, 5.41) is 6.63. The molecule has 1 saturated heterocycles. The highest BCUT2D eigenvalue weighted by Crippen LogP contribution is 2.37. The average molecular weight is 588 g/mol. The Labute approximate surface area is 246 Å². The number of nitrogens with zero attached hydrogens (tertiary/aromatic N) is 7. The van der Waals surface area contributed by atoms with Crippen molar-refractivity contribution in [2.24, 2.45) is 13.0 Å². The van der Waals surface area contributed by atoms with Crippen LogP contribution in [0.3, 0.4) is 0 Å². The van der Waals surface area contributed by atoms with Gasteiger partial charge in [0, 0.05) is 69.5 Å². The topological polar surface area (TPSA) is 100 Å². The Morgan fingerprint density at radius 1 is 1.12 bits per heavy atom. The molecule has 0 radical (unpaired) electrons. The first-order valence-corrected chi connectivity index (χ1v) is 14.0. The van der Waals surface area contributed by atoms with Crippen LogP contribution in [-0.4, -0.2) is 67.0 Å². The Kier molecular flexibility index (Phi) is 8.06. The molecule has 43 heavy (non-hydrogen) atoms. The van der Waals surface area contributed by atoms with Gasteiger partial charge in [0.15, 0.2) is 11.5 Å². The molecule has 1 fully saturated rings. The normalized spacial score (nSPS) is 17.2. The van der Waals surface area contributed by atoms with Crippen molar-refractivity contribution >= 4 is 16.9 Å². The minimum atomic E-state index is -1.18. The summed E-state index contributed by atoms with van der Waals surface area (Å²) in [6.07, 6.45) is 4.36. The molecular formula is C31H31F2N7O3. The summed E-state index contributed by atoms with van der Waals surface area (Å²) in [6, 6.07) is 12.7. The van der Waals surface area contributed by atoms with Crippen LogP contribution in [0.15, 0.2) is 61.2 Å². The van der Waals surface area contributed by atoms with E-state index in [0.29, 0.717) is 31.0 Å². The van der Waals surface area contributed by atoms with Crippen LogP contribution in [0.1, 0.15) is 29.3 Å². The third-order valence-corrected chi connectivity index (χ3v) is 7.74. The van der Waals surface area contributed by atoms with Gasteiger partial charge in [0.25, 0.3) is 0 Å². The molecule has 0 unspecified atom stereocenters. The standard InChI is InChI=1S/C31H31F2N7O3/c1-19-27(14-24(41)11-22-17-39(9-10-42-3)43-29(22)21-12-25(32)30(33)34-16-21)40(23-7-5-4-6-8-23)37-28(19)20-13-26-31(35-15-20)38(2)18-36-26/h4-8,12-13,15-16,18,22,29H,9-11,14,17H2,1-3H3/t22-,29+/m1/s1. The number of para-hydroxylation sites is 1. The number of hydrogen-bond donors (Lipinski definition) is 0. The summed E-state index contributed by atoms with van der Waals surface area (Å²) >= 11 is 0. The van der Waals surface area contributed by atoms with Gasteiger partial charge in [0.2, 0.25) is 5.95 Å². The molecule has 1 aliphatic heterocycles. The predicted octanol–water partition coefficient (Wildman–Crippen LogP) is 4.56. The van der Waals surface area contributed by atoms with Gasteiger partial charge in [-0.1, -0.05) is 18.2 Å². The van der Waals surface area contributed by atoms with Gasteiger partial charge >= 0.3 is 0 Å². The van der Waals surface area contributed by atoms with Crippen LogP contribution in [-0.2, 0) is 27.8 Å². The predicted molar refractivity (Wildman–Crippen MR) is 154 cm³/mol. The van der Waals surface area contributed by atoms with Gasteiger partial charge < -0.3 is 9.30 Å². The molecule has 5 heterocycles. The minimum Gasteiger partial charge on any atom is -0.383 e. The van der Waals surface area contributed by atoms with Gasteiger partial charge in [-0.15, -0.1) is 0 Å². The molecule has 2 atom stereocenters. The number of benzene rings is 1. The van der Waals surface area contributed by atoms with Crippen molar-refractivity contribution < 1.29 is 23.1 Å². The number of ether oxygens (including phenoxy) is 1. The fraction of sp³-hybridized carbons (Fsp3) is 0.323. The van der Waals surface area contributed by atoms with Crippen molar-refractivity contribution in [3.05, 3.63) is 89.8 Å². The van der Waals surface area contributed by atoms with Crippen LogP contribution in [0, 0.1) is 24.6 Å². The molecule has 0 saturated carbocycles. The van der Waals surface area contributed by atoms with E-state index in [1.54, 1.807) is 29.4 Å². The minimum absolute atomic E-state index is 0.0345. The Balaban J connectivity index is 1.30. The number of methoxy groups -OCH3 is 1. The fourth-order valence-corrected chi connectivity index (χ4v) is 5.57. The van der Waals surface area contributed by atoms with E-state index in [2.05, 4.69) is 15.0 Å². The van der Waals surface area contributed by atoms with Crippen LogP contribution in [0.25, 0.3) is 28.1 Å². The molecule has 6 rings (SSSR count). The number of carbonyl (C=O) groups excluding carboxylic acids is 1. The van der Waals surface area contributed by atoms with Crippen LogP contribution in [0.5, 0.6) is 0 Å². The Morgan fingerprint density at radius 3 is 2.70 bits per heavy atom. The SMILES string of the molecule is COCCN1C[C@@H](CC(=O)Cc2c(C)c(-c3cnc4c(c3)ncn4C)nn2-c2ccccc2)[C@H](c2cnc(F)c(F)c2)O1. The zero-order chi connectivity index (χ0) is 30.1. The molecule has 222 valence electrons. The largest absolute Gasteiger partial charge is 0.383 e. The number of aromatic nitrogens is 6. The van der Waals surface area contributed by atoms with E-state index in [1.807, 2.05) is 54.9 Å². The van der Waals surface area contributed by atoms with E-state index >= 15 is 0 Å². The molecule has 10 nitrogen and oxygen atoms in total. The van der Waals surface area contributed by atoms with E-state index in [9.17, 15) is 13.6 Å². The van der Waals surface area contributed by atoms with E-state index in [0.717, 1.165) is 39.7 Å². The quantitative estimate of drug-likeness (QED) is 0.220. The summed E-state index contributed by atoms with van der Waals surface area (Å²) in [5.41, 5.74) is 5.86. The molecule has 5 aromatic rings. The number of pyridine rings is 2. The maximum Gasteiger partial charge on any atom is 0.248 e. The first-order chi connectivity index (χ1) is 20.8. The Hall–Kier alpha value is -4.39. The lowest BCUT2D eigenvalue weighted by Gasteiger charge is -2.17. The van der Waals surface area contributed by atoms with Gasteiger partial charge in [0.1, 0.15) is 17.4 Å². The third kappa shape index (κ3) is 5.81. The van der Waals surface area contributed by atoms with Crippen molar-refractivity contribution in [1.82, 2.24) is 34.4 Å². The molecule has 0 N–H and O–H groups in total. The molecule has 12 heteroatoms. The highest BCUT2D eigenvalue weighted by molar-refractivity contribution is 5.83. The smallest absolute Gasteiger partial charge is 0.248 e. The summed E-state index contributed by atoms with van der Waals surface area (Å²) < 4.78 is 36.5. The van der Waals surface area contributed by atoms with Gasteiger partial charge in [-0.2, -0.15) is 14.6 Å². The van der Waals surface area contributed by atoms with Crippen LogP contribution in [0.4, 0.5) is 8.78 Å². The molecule has 4 aromatic heterocycles. The van der Waals surface area contributed by atoms with E-state index in [4.69, 9.17) is 14.7 Å². The monoisotopic (exact) mass is 587 g/mol. The summed E-state index contributed by atoms with van der Waals surface area (Å²) in [6.45, 7) is 3.26. The van der Waals surface area contributed by atoms with Crippen molar-refractivity contribution in [3.63, 3.8) is 0 Å². The number of Topliss-reactive ketones (excluding diaryl/α,β-unsaturated/α-hetero) is 1. The van der Waals surface area contributed by atoms with Crippen molar-refractivity contribution in [2.45, 2.75) is 25.9 Å². The maximum atomic E-state index is 14.1. The number of halogens is 2. The van der Waals surface area contributed by atoms with E-state index in [-0.39, 0.29) is 24.5 Å². The average Bonchev–Trinajstić information content (AvgIpc) is 3.69. The number of aryl methyl sites for hydroxylation is 1. The van der Waals surface area contributed by atoms with E-state index < -0.39 is 17.9 Å². The second kappa shape index (κ2) is 12.1. The summed E-state index contributed by atoms with van der Waals surface area (Å²) in [7, 11) is 3.48. The molecule has 1 aliphatic rings. The first-order valence-electron chi connectivity index (χ1n) is 14.0. The number of imidazole rings is 1. The maximum absolute atomic E-state index is 14.1. The van der Waals surface area contributed by atoms with Crippen molar-refractivity contribution in [3.8, 4) is 16.9 Å². The van der Waals surface area contributed by atoms with Gasteiger partial charge in [-0.3, -0.25) is 9.63 Å². The molecule has 0 bridgehead atoms. The number of carbonyl (C=O) groups is 1. The number of fused-ring (bicyclic) bond motifs is 1. The summed E-state index contributed by atoms with van der Waals surface area (Å²) in [4.78, 5) is 32.3. The van der Waals surface area contributed by atoms with Gasteiger partial charge in [-0.25, -0.2) is 24.0 Å². The number of rotatable bonds is 10. The molecule has 0 aliphatic carbocycles. The van der Waals surface area contributed by atoms with Crippen molar-refractivity contribution in [1.29, 1.82) is 0 Å². The van der Waals surface area contributed by atoms with Crippen LogP contribution >= 0.6 is 0 Å². The van der Waals surface area contributed by atoms with Crippen LogP contribution in [0.2, 0.25) is 0 Å². The molecular weight excluding hydrogens is 556 g/mol. The highest BCUT2D eigenvalue weighted by atomic mass is 19.2. The lowest BCUT2D eigenvalue weighted by molar-refractivity contribution is -0.155. The van der Waals surface area contributed by atoms with Crippen LogP contribution < -0.4 is 0 Å². The van der Waals surface area contributed by atoms with Gasteiger partial charge in [-0.05, 0) is 36.8 Å². The number of ketones is 1. The zero-order valence-electron chi connectivity index (χ0n) is 24.1. The summed E-state index contributed by atoms with van der Waals surface area (Å²) in [5.74, 6) is -2.58.